The van der Waals surface area contributed by atoms with Crippen LogP contribution >= 0.6 is 0 Å². The third-order valence-corrected chi connectivity index (χ3v) is 9.17. The van der Waals surface area contributed by atoms with Gasteiger partial charge in [0.1, 0.15) is 6.17 Å². The maximum atomic E-state index is 2.66. The molecule has 0 bridgehead atoms. The summed E-state index contributed by atoms with van der Waals surface area (Å²) >= 11 is 0. The monoisotopic (exact) mass is 547 g/mol. The lowest BCUT2D eigenvalue weighted by atomic mass is 10.0. The molecule has 0 aliphatic carbocycles. The lowest BCUT2D eigenvalue weighted by molar-refractivity contribution is 0.142. The molecule has 0 N–H and O–H groups in total. The summed E-state index contributed by atoms with van der Waals surface area (Å²) in [5, 5.41) is 0. The minimum atomic E-state index is 0.634. The fourth-order valence-electron chi connectivity index (χ4n) is 6.44. The Hall–Kier alpha value is -0.660. The van der Waals surface area contributed by atoms with Gasteiger partial charge < -0.3 is 9.80 Å². The molecule has 0 aromatic rings. The topological polar surface area (TPSA) is 6.48 Å². The van der Waals surface area contributed by atoms with Crippen LogP contribution in [0.3, 0.4) is 0 Å². The van der Waals surface area contributed by atoms with Gasteiger partial charge in [0.05, 0.1) is 0 Å². The Labute approximate surface area is 248 Å². The van der Waals surface area contributed by atoms with Crippen LogP contribution in [0.15, 0.2) is 12.4 Å². The Kier molecular flexibility index (Phi) is 26.9. The van der Waals surface area contributed by atoms with Crippen LogP contribution in [-0.2, 0) is 0 Å². The van der Waals surface area contributed by atoms with E-state index in [4.69, 9.17) is 0 Å². The first-order valence-electron chi connectivity index (χ1n) is 18.5. The first kappa shape index (κ1) is 36.4. The summed E-state index contributed by atoms with van der Waals surface area (Å²) in [7, 11) is 0. The molecule has 0 aromatic carbocycles. The van der Waals surface area contributed by atoms with Gasteiger partial charge in [0.2, 0.25) is 0 Å². The molecule has 0 saturated heterocycles. The van der Waals surface area contributed by atoms with Gasteiger partial charge in [-0.2, -0.15) is 0 Å². The molecule has 0 aromatic heterocycles. The van der Waals surface area contributed by atoms with Crippen molar-refractivity contribution < 1.29 is 0 Å². The Bertz CT molecular complexity index is 502. The Balaban J connectivity index is 1.93. The first-order chi connectivity index (χ1) is 19.3. The molecule has 232 valence electrons. The predicted octanol–water partition coefficient (Wildman–Crippen LogP) is 12.8. The highest BCUT2D eigenvalue weighted by atomic mass is 15.4. The standard InChI is InChI=1S/C37H74N2/c1-4-7-9-11-13-15-17-19-20-21-23-25-27-29-31-33-37-38(6-3)35-36-39(37)34-32-30-28-26-24-22-18-16-14-12-10-8-5-2/h35-37H,4-34H2,1-3H3. The van der Waals surface area contributed by atoms with Gasteiger partial charge in [0, 0.05) is 25.5 Å². The number of hydrogen-bond acceptors (Lipinski definition) is 2. The number of rotatable bonds is 31. The SMILES string of the molecule is CCCCCCCCCCCCCCCCCC1N(CC)C=CN1CCCCCCCCCCCCCCC. The van der Waals surface area contributed by atoms with Gasteiger partial charge in [-0.15, -0.1) is 0 Å². The molecule has 2 heteroatoms. The third kappa shape index (κ3) is 21.7. The molecule has 1 heterocycles. The van der Waals surface area contributed by atoms with Crippen molar-refractivity contribution >= 4 is 0 Å². The van der Waals surface area contributed by atoms with E-state index in [9.17, 15) is 0 Å². The Morgan fingerprint density at radius 2 is 0.667 bits per heavy atom. The highest BCUT2D eigenvalue weighted by molar-refractivity contribution is 4.96. The second kappa shape index (κ2) is 28.9. The van der Waals surface area contributed by atoms with Crippen molar-refractivity contribution in [3.63, 3.8) is 0 Å². The highest BCUT2D eigenvalue weighted by Gasteiger charge is 2.23. The van der Waals surface area contributed by atoms with E-state index in [1.54, 1.807) is 0 Å². The lowest BCUT2D eigenvalue weighted by Gasteiger charge is -2.32. The minimum Gasteiger partial charge on any atom is -0.356 e. The van der Waals surface area contributed by atoms with Crippen molar-refractivity contribution in [2.75, 3.05) is 13.1 Å². The largest absolute Gasteiger partial charge is 0.356 e. The van der Waals surface area contributed by atoms with E-state index in [0.29, 0.717) is 6.17 Å². The summed E-state index contributed by atoms with van der Waals surface area (Å²) in [6.45, 7) is 9.34. The summed E-state index contributed by atoms with van der Waals surface area (Å²) in [4.78, 5) is 5.23. The second-order valence-electron chi connectivity index (χ2n) is 12.8. The van der Waals surface area contributed by atoms with E-state index in [1.165, 1.54) is 193 Å². The third-order valence-electron chi connectivity index (χ3n) is 9.17. The molecule has 1 rings (SSSR count). The van der Waals surface area contributed by atoms with Gasteiger partial charge in [-0.25, -0.2) is 0 Å². The maximum Gasteiger partial charge on any atom is 0.101 e. The van der Waals surface area contributed by atoms with Crippen molar-refractivity contribution in [2.45, 2.75) is 213 Å². The molecule has 1 aliphatic rings. The summed E-state index contributed by atoms with van der Waals surface area (Å²) in [6, 6.07) is 0. The minimum absolute atomic E-state index is 0.634. The normalized spacial score (nSPS) is 15.2. The Morgan fingerprint density at radius 3 is 1.03 bits per heavy atom. The molecule has 1 aliphatic heterocycles. The predicted molar refractivity (Wildman–Crippen MR) is 177 cm³/mol. The van der Waals surface area contributed by atoms with Crippen molar-refractivity contribution in [1.82, 2.24) is 9.80 Å². The van der Waals surface area contributed by atoms with Crippen LogP contribution in [0.5, 0.6) is 0 Å². The number of hydrogen-bond donors (Lipinski definition) is 0. The van der Waals surface area contributed by atoms with Crippen molar-refractivity contribution in [2.24, 2.45) is 0 Å². The molecule has 0 amide bonds. The van der Waals surface area contributed by atoms with E-state index in [0.717, 1.165) is 6.54 Å². The van der Waals surface area contributed by atoms with Gasteiger partial charge in [-0.1, -0.05) is 181 Å². The van der Waals surface area contributed by atoms with Crippen LogP contribution < -0.4 is 0 Å². The van der Waals surface area contributed by atoms with Crippen LogP contribution in [-0.4, -0.2) is 29.1 Å². The van der Waals surface area contributed by atoms with Crippen molar-refractivity contribution in [1.29, 1.82) is 0 Å². The molecular weight excluding hydrogens is 472 g/mol. The van der Waals surface area contributed by atoms with E-state index in [1.807, 2.05) is 0 Å². The van der Waals surface area contributed by atoms with E-state index < -0.39 is 0 Å². The van der Waals surface area contributed by atoms with Crippen molar-refractivity contribution in [3.8, 4) is 0 Å². The van der Waals surface area contributed by atoms with E-state index in [-0.39, 0.29) is 0 Å². The smallest absolute Gasteiger partial charge is 0.101 e. The molecule has 0 radical (unpaired) electrons. The average Bonchev–Trinajstić information content (AvgIpc) is 3.34. The summed E-state index contributed by atoms with van der Waals surface area (Å²) in [6.07, 6.45) is 47.3. The van der Waals surface area contributed by atoms with Crippen LogP contribution in [0.25, 0.3) is 0 Å². The molecule has 1 unspecified atom stereocenters. The summed E-state index contributed by atoms with van der Waals surface area (Å²) in [5.41, 5.74) is 0. The van der Waals surface area contributed by atoms with Crippen LogP contribution in [0.2, 0.25) is 0 Å². The zero-order chi connectivity index (χ0) is 28.1. The van der Waals surface area contributed by atoms with Gasteiger partial charge >= 0.3 is 0 Å². The zero-order valence-corrected chi connectivity index (χ0v) is 27.5. The molecule has 0 spiro atoms. The Morgan fingerprint density at radius 1 is 0.359 bits per heavy atom. The number of nitrogens with zero attached hydrogens (tertiary/aromatic N) is 2. The fourth-order valence-corrected chi connectivity index (χ4v) is 6.44. The zero-order valence-electron chi connectivity index (χ0n) is 27.5. The number of unbranched alkanes of at least 4 members (excludes halogenated alkanes) is 26. The lowest BCUT2D eigenvalue weighted by Crippen LogP contribution is -2.38. The van der Waals surface area contributed by atoms with Crippen LogP contribution in [0.1, 0.15) is 207 Å². The summed E-state index contributed by atoms with van der Waals surface area (Å²) < 4.78 is 0. The fraction of sp³-hybridized carbons (Fsp3) is 0.946. The molecule has 39 heavy (non-hydrogen) atoms. The molecule has 0 fully saturated rings. The van der Waals surface area contributed by atoms with Gasteiger partial charge in [-0.05, 0) is 26.2 Å². The van der Waals surface area contributed by atoms with Gasteiger partial charge in [0.25, 0.3) is 0 Å². The molecule has 1 atom stereocenters. The first-order valence-corrected chi connectivity index (χ1v) is 18.5. The van der Waals surface area contributed by atoms with E-state index >= 15 is 0 Å². The second-order valence-corrected chi connectivity index (χ2v) is 12.8. The highest BCUT2D eigenvalue weighted by Crippen LogP contribution is 2.23. The summed E-state index contributed by atoms with van der Waals surface area (Å²) in [5.74, 6) is 0. The quantitative estimate of drug-likeness (QED) is 0.0798. The van der Waals surface area contributed by atoms with Gasteiger partial charge in [-0.3, -0.25) is 0 Å². The molecular formula is C37H74N2. The van der Waals surface area contributed by atoms with Crippen molar-refractivity contribution in [3.05, 3.63) is 12.4 Å². The van der Waals surface area contributed by atoms with Crippen LogP contribution in [0.4, 0.5) is 0 Å². The van der Waals surface area contributed by atoms with E-state index in [2.05, 4.69) is 43.0 Å². The average molecular weight is 547 g/mol. The maximum absolute atomic E-state index is 2.66. The van der Waals surface area contributed by atoms with Crippen LogP contribution in [0, 0.1) is 0 Å². The molecule has 0 saturated carbocycles. The molecule has 2 nitrogen and oxygen atoms in total. The van der Waals surface area contributed by atoms with Gasteiger partial charge in [0.15, 0.2) is 0 Å².